The standard InChI is InChI=1S/C23H27ClN4O2S/c24-16-5-4-6-17(15-16)28-22(29)20-18-7-2-1-3-8-19(18)31-21(20)26-23(28)25-9-10-27-11-13-30-14-12-27/h4-6,15H,1-3,7-14H2,(H,25,26)/p+1. The Hall–Kier alpha value is -1.93. The quantitative estimate of drug-likeness (QED) is 0.576. The molecule has 0 atom stereocenters. The second-order valence-electron chi connectivity index (χ2n) is 8.34. The van der Waals surface area contributed by atoms with Gasteiger partial charge in [-0.1, -0.05) is 24.1 Å². The molecule has 2 N–H and O–H groups in total. The molecule has 0 radical (unpaired) electrons. The zero-order valence-corrected chi connectivity index (χ0v) is 19.2. The molecule has 3 heterocycles. The number of thiophene rings is 1. The molecule has 3 aromatic rings. The summed E-state index contributed by atoms with van der Waals surface area (Å²) in [5.74, 6) is 0.601. The number of hydrogen-bond donors (Lipinski definition) is 2. The van der Waals surface area contributed by atoms with Crippen LogP contribution in [-0.2, 0) is 17.6 Å². The fourth-order valence-electron chi connectivity index (χ4n) is 4.62. The summed E-state index contributed by atoms with van der Waals surface area (Å²) in [7, 11) is 0. The maximum absolute atomic E-state index is 13.8. The van der Waals surface area contributed by atoms with Gasteiger partial charge in [-0.25, -0.2) is 9.55 Å². The molecule has 0 spiro atoms. The lowest BCUT2D eigenvalue weighted by Gasteiger charge is -2.24. The van der Waals surface area contributed by atoms with Gasteiger partial charge in [-0.15, -0.1) is 11.3 Å². The van der Waals surface area contributed by atoms with E-state index in [-0.39, 0.29) is 5.56 Å². The van der Waals surface area contributed by atoms with E-state index in [1.54, 1.807) is 15.9 Å². The van der Waals surface area contributed by atoms with Crippen molar-refractivity contribution in [1.82, 2.24) is 9.55 Å². The molecular formula is C23H28ClN4O2S+. The third-order valence-corrected chi connectivity index (χ3v) is 7.69. The summed E-state index contributed by atoms with van der Waals surface area (Å²) >= 11 is 7.97. The molecule has 1 aromatic carbocycles. The van der Waals surface area contributed by atoms with E-state index in [1.165, 1.54) is 28.2 Å². The van der Waals surface area contributed by atoms with E-state index >= 15 is 0 Å². The second-order valence-corrected chi connectivity index (χ2v) is 9.86. The Bertz CT molecular complexity index is 1140. The number of halogens is 1. The monoisotopic (exact) mass is 459 g/mol. The summed E-state index contributed by atoms with van der Waals surface area (Å²) in [5.41, 5.74) is 1.98. The molecule has 1 fully saturated rings. The number of morpholine rings is 1. The SMILES string of the molecule is O=c1c2c3c(sc2nc(NCC[NH+]2CCOCC2)n1-c1cccc(Cl)c1)CCCCC3. The summed E-state index contributed by atoms with van der Waals surface area (Å²) in [6.45, 7) is 5.38. The van der Waals surface area contributed by atoms with Crippen molar-refractivity contribution in [2.45, 2.75) is 32.1 Å². The van der Waals surface area contributed by atoms with Crippen molar-refractivity contribution in [3.05, 3.63) is 50.1 Å². The van der Waals surface area contributed by atoms with Gasteiger partial charge in [-0.2, -0.15) is 0 Å². The molecule has 0 unspecified atom stereocenters. The van der Waals surface area contributed by atoms with Crippen LogP contribution in [0.4, 0.5) is 5.95 Å². The molecule has 0 bridgehead atoms. The van der Waals surface area contributed by atoms with Gasteiger partial charge >= 0.3 is 0 Å². The number of ether oxygens (including phenoxy) is 1. The predicted molar refractivity (Wildman–Crippen MR) is 126 cm³/mol. The van der Waals surface area contributed by atoms with Crippen LogP contribution in [0.1, 0.15) is 29.7 Å². The van der Waals surface area contributed by atoms with E-state index in [1.807, 2.05) is 24.3 Å². The Morgan fingerprint density at radius 1 is 1.19 bits per heavy atom. The van der Waals surface area contributed by atoms with Crippen molar-refractivity contribution in [2.24, 2.45) is 0 Å². The van der Waals surface area contributed by atoms with Crippen LogP contribution in [0.2, 0.25) is 5.02 Å². The van der Waals surface area contributed by atoms with Crippen LogP contribution in [0.3, 0.4) is 0 Å². The lowest BCUT2D eigenvalue weighted by Crippen LogP contribution is -3.14. The summed E-state index contributed by atoms with van der Waals surface area (Å²) in [6, 6.07) is 7.46. The second kappa shape index (κ2) is 9.28. The van der Waals surface area contributed by atoms with Crippen molar-refractivity contribution >= 4 is 39.1 Å². The summed E-state index contributed by atoms with van der Waals surface area (Å²) < 4.78 is 7.16. The van der Waals surface area contributed by atoms with Crippen molar-refractivity contribution < 1.29 is 9.64 Å². The maximum atomic E-state index is 13.8. The van der Waals surface area contributed by atoms with E-state index < -0.39 is 0 Å². The Balaban J connectivity index is 1.55. The topological polar surface area (TPSA) is 60.6 Å². The minimum atomic E-state index is 0.00730. The predicted octanol–water partition coefficient (Wildman–Crippen LogP) is 2.70. The molecule has 6 nitrogen and oxygen atoms in total. The normalized spacial score (nSPS) is 17.5. The van der Waals surface area contributed by atoms with Gasteiger partial charge in [0.05, 0.1) is 37.4 Å². The maximum Gasteiger partial charge on any atom is 0.268 e. The number of aryl methyl sites for hydroxylation is 2. The summed E-state index contributed by atoms with van der Waals surface area (Å²) in [5, 5.41) is 4.86. The molecule has 1 aliphatic heterocycles. The highest BCUT2D eigenvalue weighted by molar-refractivity contribution is 7.18. The van der Waals surface area contributed by atoms with Crippen LogP contribution in [0.25, 0.3) is 15.9 Å². The number of nitrogens with one attached hydrogen (secondary N) is 2. The average molecular weight is 460 g/mol. The Morgan fingerprint density at radius 3 is 2.87 bits per heavy atom. The number of nitrogens with zero attached hydrogens (tertiary/aromatic N) is 2. The lowest BCUT2D eigenvalue weighted by atomic mass is 10.1. The van der Waals surface area contributed by atoms with E-state index in [0.29, 0.717) is 11.0 Å². The van der Waals surface area contributed by atoms with E-state index in [0.717, 1.165) is 74.6 Å². The Labute approximate surface area is 190 Å². The highest BCUT2D eigenvalue weighted by Gasteiger charge is 2.22. The highest BCUT2D eigenvalue weighted by Crippen LogP contribution is 2.34. The van der Waals surface area contributed by atoms with Gasteiger partial charge < -0.3 is 15.0 Å². The Morgan fingerprint density at radius 2 is 2.03 bits per heavy atom. The van der Waals surface area contributed by atoms with Gasteiger partial charge in [0.15, 0.2) is 0 Å². The summed E-state index contributed by atoms with van der Waals surface area (Å²) in [4.78, 5) is 22.5. The molecule has 8 heteroatoms. The molecule has 1 aliphatic carbocycles. The molecular weight excluding hydrogens is 432 g/mol. The van der Waals surface area contributed by atoms with Gasteiger partial charge in [0, 0.05) is 9.90 Å². The van der Waals surface area contributed by atoms with Gasteiger partial charge in [-0.05, 0) is 49.4 Å². The van der Waals surface area contributed by atoms with Crippen molar-refractivity contribution in [2.75, 3.05) is 44.7 Å². The molecule has 2 aromatic heterocycles. The van der Waals surface area contributed by atoms with Gasteiger partial charge in [0.2, 0.25) is 5.95 Å². The van der Waals surface area contributed by atoms with Crippen LogP contribution < -0.4 is 15.8 Å². The van der Waals surface area contributed by atoms with Crippen LogP contribution >= 0.6 is 22.9 Å². The largest absolute Gasteiger partial charge is 0.370 e. The first-order valence-electron chi connectivity index (χ1n) is 11.2. The first-order chi connectivity index (χ1) is 15.2. The number of aromatic nitrogens is 2. The molecule has 1 saturated heterocycles. The number of hydrogen-bond acceptors (Lipinski definition) is 5. The number of rotatable bonds is 5. The number of quaternary nitrogens is 1. The van der Waals surface area contributed by atoms with Crippen LogP contribution in [-0.4, -0.2) is 48.9 Å². The highest BCUT2D eigenvalue weighted by atomic mass is 35.5. The van der Waals surface area contributed by atoms with Crippen molar-refractivity contribution in [1.29, 1.82) is 0 Å². The molecule has 0 amide bonds. The zero-order valence-electron chi connectivity index (χ0n) is 17.6. The average Bonchev–Trinajstić information content (AvgIpc) is 2.96. The van der Waals surface area contributed by atoms with Crippen molar-refractivity contribution in [3.63, 3.8) is 0 Å². The first-order valence-corrected chi connectivity index (χ1v) is 12.4. The minimum Gasteiger partial charge on any atom is -0.370 e. The molecule has 2 aliphatic rings. The summed E-state index contributed by atoms with van der Waals surface area (Å²) in [6.07, 6.45) is 5.57. The van der Waals surface area contributed by atoms with E-state index in [4.69, 9.17) is 21.3 Å². The third-order valence-electron chi connectivity index (χ3n) is 6.27. The van der Waals surface area contributed by atoms with Gasteiger partial charge in [0.25, 0.3) is 5.56 Å². The minimum absolute atomic E-state index is 0.00730. The molecule has 164 valence electrons. The lowest BCUT2D eigenvalue weighted by molar-refractivity contribution is -0.906. The fraction of sp³-hybridized carbons (Fsp3) is 0.478. The van der Waals surface area contributed by atoms with Crippen molar-refractivity contribution in [3.8, 4) is 5.69 Å². The molecule has 31 heavy (non-hydrogen) atoms. The number of benzene rings is 1. The zero-order chi connectivity index (χ0) is 21.2. The van der Waals surface area contributed by atoms with Crippen LogP contribution in [0.15, 0.2) is 29.1 Å². The first kappa shape index (κ1) is 20.9. The van der Waals surface area contributed by atoms with E-state index in [9.17, 15) is 4.79 Å². The Kier molecular flexibility index (Phi) is 6.27. The smallest absolute Gasteiger partial charge is 0.268 e. The molecule has 0 saturated carbocycles. The number of anilines is 1. The number of fused-ring (bicyclic) bond motifs is 3. The van der Waals surface area contributed by atoms with Crippen LogP contribution in [0, 0.1) is 0 Å². The molecule has 5 rings (SSSR count). The van der Waals surface area contributed by atoms with Gasteiger partial charge in [-0.3, -0.25) is 4.79 Å². The third kappa shape index (κ3) is 4.37. The fourth-order valence-corrected chi connectivity index (χ4v) is 6.05. The van der Waals surface area contributed by atoms with E-state index in [2.05, 4.69) is 5.32 Å². The van der Waals surface area contributed by atoms with Crippen LogP contribution in [0.5, 0.6) is 0 Å². The van der Waals surface area contributed by atoms with Gasteiger partial charge in [0.1, 0.15) is 17.9 Å².